The van der Waals surface area contributed by atoms with E-state index >= 15 is 0 Å². The van der Waals surface area contributed by atoms with E-state index in [9.17, 15) is 13.2 Å². The van der Waals surface area contributed by atoms with Crippen LogP contribution in [0.15, 0.2) is 23.1 Å². The molecule has 4 N–H and O–H groups in total. The fourth-order valence-corrected chi connectivity index (χ4v) is 3.08. The van der Waals surface area contributed by atoms with Gasteiger partial charge in [-0.1, -0.05) is 19.9 Å². The summed E-state index contributed by atoms with van der Waals surface area (Å²) in [5.41, 5.74) is 6.84. The molecule has 0 fully saturated rings. The van der Waals surface area contributed by atoms with Crippen molar-refractivity contribution in [2.45, 2.75) is 51.0 Å². The van der Waals surface area contributed by atoms with Gasteiger partial charge in [-0.05, 0) is 37.5 Å². The number of hydrogen-bond donors (Lipinski definition) is 3. The van der Waals surface area contributed by atoms with Gasteiger partial charge in [0.25, 0.3) is 0 Å². The summed E-state index contributed by atoms with van der Waals surface area (Å²) in [6, 6.07) is 4.63. The highest BCUT2D eigenvalue weighted by molar-refractivity contribution is 7.89. The van der Waals surface area contributed by atoms with Gasteiger partial charge in [0, 0.05) is 24.7 Å². The number of aryl methyl sites for hydroxylation is 1. The molecule has 0 aliphatic carbocycles. The molecule has 0 bridgehead atoms. The Balaban J connectivity index is 0.00000484. The van der Waals surface area contributed by atoms with Crippen LogP contribution in [0.3, 0.4) is 0 Å². The zero-order chi connectivity index (χ0) is 17.0. The maximum absolute atomic E-state index is 12.4. The molecule has 1 amide bonds. The Hall–Kier alpha value is -1.15. The minimum absolute atomic E-state index is 0. The molecule has 0 saturated carbocycles. The number of carbonyl (C=O) groups excluding carboxylic acids is 1. The number of anilines is 1. The van der Waals surface area contributed by atoms with Crippen molar-refractivity contribution in [3.63, 3.8) is 0 Å². The van der Waals surface area contributed by atoms with Crippen LogP contribution >= 0.6 is 12.4 Å². The number of sulfonamides is 1. The van der Waals surface area contributed by atoms with Crippen LogP contribution in [0.25, 0.3) is 0 Å². The Morgan fingerprint density at radius 1 is 1.26 bits per heavy atom. The monoisotopic (exact) mass is 363 g/mol. The first kappa shape index (κ1) is 21.9. The van der Waals surface area contributed by atoms with E-state index in [0.717, 1.165) is 5.56 Å². The van der Waals surface area contributed by atoms with Crippen molar-refractivity contribution in [1.29, 1.82) is 0 Å². The second-order valence-electron chi connectivity index (χ2n) is 5.55. The number of amides is 1. The highest BCUT2D eigenvalue weighted by Gasteiger charge is 2.24. The predicted molar refractivity (Wildman–Crippen MR) is 95.4 cm³/mol. The van der Waals surface area contributed by atoms with E-state index in [2.05, 4.69) is 10.0 Å². The van der Waals surface area contributed by atoms with Gasteiger partial charge in [-0.2, -0.15) is 0 Å². The van der Waals surface area contributed by atoms with Gasteiger partial charge in [-0.25, -0.2) is 13.1 Å². The van der Waals surface area contributed by atoms with Crippen LogP contribution in [0.5, 0.6) is 0 Å². The molecule has 0 spiro atoms. The van der Waals surface area contributed by atoms with Crippen LogP contribution in [0.4, 0.5) is 5.69 Å². The standard InChI is InChI=1S/C15H25N3O3S.ClH/c1-5-15(16,6-2)10-17-22(20,21)13-8-7-11(3)14(9-13)18-12(4)19;/h7-9,17H,5-6,10,16H2,1-4H3,(H,18,19);1H. The summed E-state index contributed by atoms with van der Waals surface area (Å²) in [4.78, 5) is 11.3. The molecule has 6 nitrogen and oxygen atoms in total. The molecule has 1 rings (SSSR count). The summed E-state index contributed by atoms with van der Waals surface area (Å²) < 4.78 is 27.3. The van der Waals surface area contributed by atoms with Crippen molar-refractivity contribution in [3.05, 3.63) is 23.8 Å². The van der Waals surface area contributed by atoms with Gasteiger partial charge in [0.2, 0.25) is 15.9 Å². The number of halogens is 1. The zero-order valence-corrected chi connectivity index (χ0v) is 15.6. The number of benzene rings is 1. The van der Waals surface area contributed by atoms with E-state index in [4.69, 9.17) is 5.73 Å². The molecule has 0 aliphatic rings. The van der Waals surface area contributed by atoms with Crippen molar-refractivity contribution in [1.82, 2.24) is 4.72 Å². The molecule has 0 unspecified atom stereocenters. The Labute approximate surface area is 144 Å². The topological polar surface area (TPSA) is 101 Å². The van der Waals surface area contributed by atoms with E-state index in [-0.39, 0.29) is 29.8 Å². The van der Waals surface area contributed by atoms with E-state index < -0.39 is 15.6 Å². The van der Waals surface area contributed by atoms with Gasteiger partial charge in [0.1, 0.15) is 0 Å². The van der Waals surface area contributed by atoms with Crippen molar-refractivity contribution in [2.24, 2.45) is 5.73 Å². The lowest BCUT2D eigenvalue weighted by Crippen LogP contribution is -2.49. The Morgan fingerprint density at radius 3 is 2.30 bits per heavy atom. The number of hydrogen-bond acceptors (Lipinski definition) is 4. The number of rotatable bonds is 7. The van der Waals surface area contributed by atoms with Gasteiger partial charge in [-0.15, -0.1) is 12.4 Å². The summed E-state index contributed by atoms with van der Waals surface area (Å²) in [6.45, 7) is 7.21. The van der Waals surface area contributed by atoms with E-state index in [1.165, 1.54) is 19.1 Å². The Bertz CT molecular complexity index is 643. The molecule has 23 heavy (non-hydrogen) atoms. The van der Waals surface area contributed by atoms with Crippen LogP contribution in [0.2, 0.25) is 0 Å². The van der Waals surface area contributed by atoms with Crippen molar-refractivity contribution in [3.8, 4) is 0 Å². The van der Waals surface area contributed by atoms with Crippen molar-refractivity contribution >= 4 is 34.0 Å². The molecule has 132 valence electrons. The fraction of sp³-hybridized carbons (Fsp3) is 0.533. The number of nitrogens with one attached hydrogen (secondary N) is 2. The molecule has 0 atom stereocenters. The molecule has 0 aliphatic heterocycles. The first-order valence-corrected chi connectivity index (χ1v) is 8.78. The normalized spacial score (nSPS) is 11.7. The van der Waals surface area contributed by atoms with Crippen LogP contribution in [0, 0.1) is 6.92 Å². The van der Waals surface area contributed by atoms with Crippen LogP contribution in [-0.2, 0) is 14.8 Å². The van der Waals surface area contributed by atoms with Gasteiger partial charge in [0.05, 0.1) is 4.90 Å². The molecule has 0 aromatic heterocycles. The Kier molecular flexibility index (Phi) is 8.20. The lowest BCUT2D eigenvalue weighted by Gasteiger charge is -2.26. The average molecular weight is 364 g/mol. The third kappa shape index (κ3) is 6.10. The van der Waals surface area contributed by atoms with Gasteiger partial charge in [0.15, 0.2) is 0 Å². The fourth-order valence-electron chi connectivity index (χ4n) is 1.91. The molecule has 0 radical (unpaired) electrons. The van der Waals surface area contributed by atoms with E-state index in [1.807, 2.05) is 13.8 Å². The van der Waals surface area contributed by atoms with Crippen molar-refractivity contribution < 1.29 is 13.2 Å². The largest absolute Gasteiger partial charge is 0.326 e. The summed E-state index contributed by atoms with van der Waals surface area (Å²) in [7, 11) is -3.67. The summed E-state index contributed by atoms with van der Waals surface area (Å²) in [5, 5.41) is 2.62. The second kappa shape index (κ2) is 8.63. The minimum Gasteiger partial charge on any atom is -0.326 e. The van der Waals surface area contributed by atoms with Crippen LogP contribution in [0.1, 0.15) is 39.2 Å². The number of nitrogens with two attached hydrogens (primary N) is 1. The highest BCUT2D eigenvalue weighted by Crippen LogP contribution is 2.20. The maximum Gasteiger partial charge on any atom is 0.240 e. The minimum atomic E-state index is -3.67. The zero-order valence-electron chi connectivity index (χ0n) is 14.0. The van der Waals surface area contributed by atoms with Crippen molar-refractivity contribution in [2.75, 3.05) is 11.9 Å². The maximum atomic E-state index is 12.4. The lowest BCUT2D eigenvalue weighted by molar-refractivity contribution is -0.114. The van der Waals surface area contributed by atoms with Gasteiger partial charge in [-0.3, -0.25) is 4.79 Å². The molecule has 1 aromatic carbocycles. The van der Waals surface area contributed by atoms with Crippen LogP contribution < -0.4 is 15.8 Å². The Morgan fingerprint density at radius 2 is 1.83 bits per heavy atom. The van der Waals surface area contributed by atoms with E-state index in [0.29, 0.717) is 18.5 Å². The predicted octanol–water partition coefficient (Wildman–Crippen LogP) is 2.17. The molecule has 0 heterocycles. The van der Waals surface area contributed by atoms with Gasteiger partial charge < -0.3 is 11.1 Å². The summed E-state index contributed by atoms with van der Waals surface area (Å²) in [6.07, 6.45) is 1.36. The molecular formula is C15H26ClN3O3S. The molecule has 8 heteroatoms. The first-order valence-electron chi connectivity index (χ1n) is 7.30. The molecule has 1 aromatic rings. The molecule has 0 saturated heterocycles. The quantitative estimate of drug-likeness (QED) is 0.690. The number of carbonyl (C=O) groups is 1. The summed E-state index contributed by atoms with van der Waals surface area (Å²) >= 11 is 0. The SMILES string of the molecule is CCC(N)(CC)CNS(=O)(=O)c1ccc(C)c(NC(C)=O)c1.Cl. The smallest absolute Gasteiger partial charge is 0.240 e. The highest BCUT2D eigenvalue weighted by atomic mass is 35.5. The molecular weight excluding hydrogens is 338 g/mol. The third-order valence-corrected chi connectivity index (χ3v) is 5.25. The van der Waals surface area contributed by atoms with Gasteiger partial charge >= 0.3 is 0 Å². The first-order chi connectivity index (χ1) is 10.1. The summed E-state index contributed by atoms with van der Waals surface area (Å²) in [5.74, 6) is -0.247. The second-order valence-corrected chi connectivity index (χ2v) is 7.32. The van der Waals surface area contributed by atoms with Crippen LogP contribution in [-0.4, -0.2) is 26.4 Å². The van der Waals surface area contributed by atoms with E-state index in [1.54, 1.807) is 13.0 Å². The average Bonchev–Trinajstić information content (AvgIpc) is 2.46. The third-order valence-electron chi connectivity index (χ3n) is 3.85. The lowest BCUT2D eigenvalue weighted by atomic mass is 9.95.